The van der Waals surface area contributed by atoms with Gasteiger partial charge in [0.25, 0.3) is 0 Å². The van der Waals surface area contributed by atoms with Crippen LogP contribution in [0.4, 0.5) is 0 Å². The molecule has 2 N–H and O–H groups in total. The fourth-order valence-electron chi connectivity index (χ4n) is 1.78. The average Bonchev–Trinajstić information content (AvgIpc) is 2.41. The Morgan fingerprint density at radius 3 is 2.28 bits per heavy atom. The molecule has 0 amide bonds. The van der Waals surface area contributed by atoms with Crippen LogP contribution in [0.5, 0.6) is 0 Å². The Kier molecular flexibility index (Phi) is 4.42. The highest BCUT2D eigenvalue weighted by molar-refractivity contribution is 7.99. The highest BCUT2D eigenvalue weighted by Gasteiger charge is 2.07. The topological polar surface area (TPSA) is 40.5 Å². The van der Waals surface area contributed by atoms with Crippen LogP contribution in [0.15, 0.2) is 52.3 Å². The predicted molar refractivity (Wildman–Crippen MR) is 73.6 cm³/mol. The Balaban J connectivity index is 2.33. The summed E-state index contributed by atoms with van der Waals surface area (Å²) in [6.45, 7) is 2.07. The van der Waals surface area contributed by atoms with Crippen molar-refractivity contribution in [2.75, 3.05) is 0 Å². The third-order valence-electron chi connectivity index (χ3n) is 2.75. The number of benzene rings is 2. The molecule has 2 aromatic rings. The van der Waals surface area contributed by atoms with Gasteiger partial charge in [-0.15, -0.1) is 0 Å². The largest absolute Gasteiger partial charge is 0.392 e. The summed E-state index contributed by atoms with van der Waals surface area (Å²) in [5.41, 5.74) is 2.97. The summed E-state index contributed by atoms with van der Waals surface area (Å²) in [4.78, 5) is 2.06. The lowest BCUT2D eigenvalue weighted by Crippen LogP contribution is -1.91. The van der Waals surface area contributed by atoms with Gasteiger partial charge in [-0.3, -0.25) is 0 Å². The molecule has 2 aromatic carbocycles. The molecule has 2 nitrogen and oxygen atoms in total. The van der Waals surface area contributed by atoms with E-state index in [1.807, 2.05) is 49.4 Å². The fourth-order valence-corrected chi connectivity index (χ4v) is 2.82. The zero-order valence-corrected chi connectivity index (χ0v) is 11.1. The Bertz CT molecular complexity index is 538. The van der Waals surface area contributed by atoms with Crippen molar-refractivity contribution in [1.29, 1.82) is 0 Å². The quantitative estimate of drug-likeness (QED) is 0.887. The maximum Gasteiger partial charge on any atom is 0.0692 e. The molecule has 0 saturated carbocycles. The normalized spacial score (nSPS) is 10.6. The number of hydrogen-bond donors (Lipinski definition) is 2. The zero-order chi connectivity index (χ0) is 13.0. The molecule has 0 aliphatic carbocycles. The molecule has 0 spiro atoms. The van der Waals surface area contributed by atoms with Gasteiger partial charge < -0.3 is 10.2 Å². The Labute approximate surface area is 111 Å². The van der Waals surface area contributed by atoms with Crippen LogP contribution in [0, 0.1) is 6.92 Å². The van der Waals surface area contributed by atoms with Gasteiger partial charge in [0.2, 0.25) is 0 Å². The lowest BCUT2D eigenvalue weighted by atomic mass is 10.1. The van der Waals surface area contributed by atoms with Crippen LogP contribution in [-0.2, 0) is 13.2 Å². The van der Waals surface area contributed by atoms with Crippen molar-refractivity contribution in [3.63, 3.8) is 0 Å². The summed E-state index contributed by atoms with van der Waals surface area (Å²) in [5.74, 6) is 0. The molecule has 0 aliphatic rings. The van der Waals surface area contributed by atoms with Crippen LogP contribution in [0.1, 0.15) is 16.7 Å². The van der Waals surface area contributed by atoms with Gasteiger partial charge in [-0.1, -0.05) is 47.7 Å². The maximum atomic E-state index is 9.38. The lowest BCUT2D eigenvalue weighted by Gasteiger charge is -2.10. The second-order valence-corrected chi connectivity index (χ2v) is 5.22. The molecule has 0 aliphatic heterocycles. The summed E-state index contributed by atoms with van der Waals surface area (Å²) in [7, 11) is 0. The summed E-state index contributed by atoms with van der Waals surface area (Å²) < 4.78 is 0. The van der Waals surface area contributed by atoms with E-state index < -0.39 is 0 Å². The number of aryl methyl sites for hydroxylation is 1. The van der Waals surface area contributed by atoms with Crippen LogP contribution in [-0.4, -0.2) is 10.2 Å². The molecule has 0 bridgehead atoms. The van der Waals surface area contributed by atoms with E-state index in [1.165, 1.54) is 0 Å². The van der Waals surface area contributed by atoms with E-state index in [1.54, 1.807) is 11.8 Å². The van der Waals surface area contributed by atoms with Gasteiger partial charge in [0.05, 0.1) is 13.2 Å². The van der Waals surface area contributed by atoms with Crippen molar-refractivity contribution in [2.45, 2.75) is 29.9 Å². The summed E-state index contributed by atoms with van der Waals surface area (Å²) in [6, 6.07) is 13.8. The first-order valence-electron chi connectivity index (χ1n) is 5.81. The molecule has 18 heavy (non-hydrogen) atoms. The van der Waals surface area contributed by atoms with Gasteiger partial charge in [-0.25, -0.2) is 0 Å². The first kappa shape index (κ1) is 13.1. The minimum absolute atomic E-state index is 0.0312. The highest BCUT2D eigenvalue weighted by Crippen LogP contribution is 2.33. The Hall–Kier alpha value is -1.29. The van der Waals surface area contributed by atoms with Gasteiger partial charge in [-0.05, 0) is 30.2 Å². The van der Waals surface area contributed by atoms with E-state index >= 15 is 0 Å². The molecule has 0 radical (unpaired) electrons. The van der Waals surface area contributed by atoms with Crippen LogP contribution >= 0.6 is 11.8 Å². The van der Waals surface area contributed by atoms with Gasteiger partial charge in [0, 0.05) is 9.79 Å². The van der Waals surface area contributed by atoms with Gasteiger partial charge >= 0.3 is 0 Å². The number of aliphatic hydroxyl groups excluding tert-OH is 2. The van der Waals surface area contributed by atoms with Crippen LogP contribution in [0.2, 0.25) is 0 Å². The van der Waals surface area contributed by atoms with Crippen molar-refractivity contribution in [2.24, 2.45) is 0 Å². The molecule has 0 heterocycles. The molecule has 0 fully saturated rings. The number of aliphatic hydroxyl groups is 2. The van der Waals surface area contributed by atoms with Crippen LogP contribution in [0.25, 0.3) is 0 Å². The molecule has 3 heteroatoms. The second kappa shape index (κ2) is 6.05. The van der Waals surface area contributed by atoms with Crippen molar-refractivity contribution in [3.05, 3.63) is 59.2 Å². The van der Waals surface area contributed by atoms with Crippen LogP contribution in [0.3, 0.4) is 0 Å². The molecule has 0 aromatic heterocycles. The molecule has 0 saturated heterocycles. The average molecular weight is 260 g/mol. The Morgan fingerprint density at radius 1 is 0.889 bits per heavy atom. The monoisotopic (exact) mass is 260 g/mol. The third kappa shape index (κ3) is 2.93. The fraction of sp³-hybridized carbons (Fsp3) is 0.200. The lowest BCUT2D eigenvalue weighted by molar-refractivity contribution is 0.278. The first-order chi connectivity index (χ1) is 8.74. The standard InChI is InChI=1S/C15H16O2S/c1-11-6-7-15(13(8-11)10-17)18-14-5-3-2-4-12(14)9-16/h2-8,16-17H,9-10H2,1H3. The highest BCUT2D eigenvalue weighted by atomic mass is 32.2. The van der Waals surface area contributed by atoms with E-state index in [2.05, 4.69) is 0 Å². The minimum atomic E-state index is 0.0312. The molecule has 2 rings (SSSR count). The smallest absolute Gasteiger partial charge is 0.0692 e. The van der Waals surface area contributed by atoms with Gasteiger partial charge in [0.15, 0.2) is 0 Å². The first-order valence-corrected chi connectivity index (χ1v) is 6.63. The minimum Gasteiger partial charge on any atom is -0.392 e. The van der Waals surface area contributed by atoms with Crippen molar-refractivity contribution in [3.8, 4) is 0 Å². The van der Waals surface area contributed by atoms with E-state index in [9.17, 15) is 10.2 Å². The van der Waals surface area contributed by atoms with E-state index in [0.717, 1.165) is 26.5 Å². The van der Waals surface area contributed by atoms with Gasteiger partial charge in [0.1, 0.15) is 0 Å². The molecule has 94 valence electrons. The Morgan fingerprint density at radius 2 is 1.56 bits per heavy atom. The summed E-state index contributed by atoms with van der Waals surface area (Å²) >= 11 is 1.58. The molecular weight excluding hydrogens is 244 g/mol. The second-order valence-electron chi connectivity index (χ2n) is 4.14. The number of rotatable bonds is 4. The molecule has 0 unspecified atom stereocenters. The third-order valence-corrected chi connectivity index (χ3v) is 3.99. The van der Waals surface area contributed by atoms with Crippen molar-refractivity contribution in [1.82, 2.24) is 0 Å². The van der Waals surface area contributed by atoms with Crippen LogP contribution < -0.4 is 0 Å². The van der Waals surface area contributed by atoms with E-state index in [-0.39, 0.29) is 13.2 Å². The van der Waals surface area contributed by atoms with E-state index in [4.69, 9.17) is 0 Å². The van der Waals surface area contributed by atoms with E-state index in [0.29, 0.717) is 0 Å². The molecule has 0 atom stereocenters. The molecular formula is C15H16O2S. The number of hydrogen-bond acceptors (Lipinski definition) is 3. The van der Waals surface area contributed by atoms with Gasteiger partial charge in [-0.2, -0.15) is 0 Å². The SMILES string of the molecule is Cc1ccc(Sc2ccccc2CO)c(CO)c1. The predicted octanol–water partition coefficient (Wildman–Crippen LogP) is 3.13. The zero-order valence-electron chi connectivity index (χ0n) is 10.3. The summed E-state index contributed by atoms with van der Waals surface area (Å²) in [5, 5.41) is 18.7. The van der Waals surface area contributed by atoms with Crippen molar-refractivity contribution >= 4 is 11.8 Å². The van der Waals surface area contributed by atoms with Crippen molar-refractivity contribution < 1.29 is 10.2 Å². The summed E-state index contributed by atoms with van der Waals surface area (Å²) in [6.07, 6.45) is 0. The maximum absolute atomic E-state index is 9.38.